The van der Waals surface area contributed by atoms with E-state index in [1.165, 1.54) is 24.2 Å². The SMILES string of the molecule is CN(C)C(CNC(=O)c1csc(CN)n1)C1CC1. The summed E-state index contributed by atoms with van der Waals surface area (Å²) in [5.41, 5.74) is 5.96. The molecule has 5 nitrogen and oxygen atoms in total. The van der Waals surface area contributed by atoms with Gasteiger partial charge < -0.3 is 16.0 Å². The first-order valence-corrected chi connectivity index (χ1v) is 7.09. The molecule has 0 aromatic carbocycles. The molecule has 6 heteroatoms. The van der Waals surface area contributed by atoms with Crippen molar-refractivity contribution in [2.24, 2.45) is 11.7 Å². The number of nitrogens with two attached hydrogens (primary N) is 1. The van der Waals surface area contributed by atoms with Crippen molar-refractivity contribution in [1.82, 2.24) is 15.2 Å². The number of hydrogen-bond donors (Lipinski definition) is 2. The van der Waals surface area contributed by atoms with Gasteiger partial charge in [-0.25, -0.2) is 4.98 Å². The number of nitrogens with one attached hydrogen (secondary N) is 1. The van der Waals surface area contributed by atoms with Crippen molar-refractivity contribution in [2.45, 2.75) is 25.4 Å². The Bertz CT molecular complexity index is 412. The molecule has 1 aliphatic rings. The molecule has 1 saturated carbocycles. The summed E-state index contributed by atoms with van der Waals surface area (Å²) in [4.78, 5) is 18.3. The minimum absolute atomic E-state index is 0.0987. The van der Waals surface area contributed by atoms with Gasteiger partial charge in [-0.15, -0.1) is 11.3 Å². The van der Waals surface area contributed by atoms with E-state index in [9.17, 15) is 4.79 Å². The van der Waals surface area contributed by atoms with Gasteiger partial charge in [-0.05, 0) is 32.9 Å². The molecule has 100 valence electrons. The Morgan fingerprint density at radius 3 is 2.89 bits per heavy atom. The highest BCUT2D eigenvalue weighted by Crippen LogP contribution is 2.34. The van der Waals surface area contributed by atoms with E-state index in [4.69, 9.17) is 5.73 Å². The number of carbonyl (C=O) groups excluding carboxylic acids is 1. The Morgan fingerprint density at radius 1 is 1.67 bits per heavy atom. The number of amides is 1. The normalized spacial score (nSPS) is 16.9. The van der Waals surface area contributed by atoms with Crippen molar-refractivity contribution >= 4 is 17.2 Å². The molecular formula is C12H20N4OS. The lowest BCUT2D eigenvalue weighted by molar-refractivity contribution is 0.0934. The Labute approximate surface area is 111 Å². The van der Waals surface area contributed by atoms with E-state index >= 15 is 0 Å². The van der Waals surface area contributed by atoms with Gasteiger partial charge in [0.25, 0.3) is 5.91 Å². The van der Waals surface area contributed by atoms with Crippen molar-refractivity contribution in [3.8, 4) is 0 Å². The molecule has 0 aliphatic heterocycles. The van der Waals surface area contributed by atoms with Crippen LogP contribution in [0.25, 0.3) is 0 Å². The van der Waals surface area contributed by atoms with Crippen LogP contribution >= 0.6 is 11.3 Å². The molecule has 1 fully saturated rings. The van der Waals surface area contributed by atoms with Gasteiger partial charge in [-0.2, -0.15) is 0 Å². The fraction of sp³-hybridized carbons (Fsp3) is 0.667. The van der Waals surface area contributed by atoms with E-state index in [-0.39, 0.29) is 5.91 Å². The average molecular weight is 268 g/mol. The number of thiazole rings is 1. The molecular weight excluding hydrogens is 248 g/mol. The molecule has 1 aromatic rings. The fourth-order valence-corrected chi connectivity index (χ4v) is 2.70. The van der Waals surface area contributed by atoms with Crippen LogP contribution in [0.1, 0.15) is 28.3 Å². The van der Waals surface area contributed by atoms with Crippen LogP contribution in [0.3, 0.4) is 0 Å². The Balaban J connectivity index is 1.87. The van der Waals surface area contributed by atoms with Crippen molar-refractivity contribution in [1.29, 1.82) is 0 Å². The van der Waals surface area contributed by atoms with Gasteiger partial charge in [-0.1, -0.05) is 0 Å². The molecule has 3 N–H and O–H groups in total. The summed E-state index contributed by atoms with van der Waals surface area (Å²) < 4.78 is 0. The average Bonchev–Trinajstić information content (AvgIpc) is 3.05. The maximum absolute atomic E-state index is 11.9. The Hall–Kier alpha value is -0.980. The summed E-state index contributed by atoms with van der Waals surface area (Å²) in [5.74, 6) is 0.633. The van der Waals surface area contributed by atoms with Gasteiger partial charge >= 0.3 is 0 Å². The lowest BCUT2D eigenvalue weighted by Crippen LogP contribution is -2.41. The highest BCUT2D eigenvalue weighted by Gasteiger charge is 2.32. The van der Waals surface area contributed by atoms with E-state index in [1.807, 2.05) is 0 Å². The molecule has 1 aromatic heterocycles. The van der Waals surface area contributed by atoms with Crippen molar-refractivity contribution in [2.75, 3.05) is 20.6 Å². The zero-order chi connectivity index (χ0) is 13.1. The fourth-order valence-electron chi connectivity index (χ4n) is 2.05. The van der Waals surface area contributed by atoms with Crippen LogP contribution in [0.15, 0.2) is 5.38 Å². The zero-order valence-corrected chi connectivity index (χ0v) is 11.7. The third-order valence-electron chi connectivity index (χ3n) is 3.26. The van der Waals surface area contributed by atoms with Gasteiger partial charge in [0, 0.05) is 24.5 Å². The van der Waals surface area contributed by atoms with Gasteiger partial charge in [0.15, 0.2) is 0 Å². The Morgan fingerprint density at radius 2 is 2.39 bits per heavy atom. The summed E-state index contributed by atoms with van der Waals surface area (Å²) in [7, 11) is 4.12. The number of carbonyl (C=O) groups is 1. The molecule has 0 spiro atoms. The lowest BCUT2D eigenvalue weighted by Gasteiger charge is -2.24. The highest BCUT2D eigenvalue weighted by atomic mass is 32.1. The third kappa shape index (κ3) is 3.28. The minimum Gasteiger partial charge on any atom is -0.349 e. The van der Waals surface area contributed by atoms with Gasteiger partial charge in [0.1, 0.15) is 10.7 Å². The first kappa shape index (κ1) is 13.5. The second kappa shape index (κ2) is 5.77. The molecule has 1 amide bonds. The van der Waals surface area contributed by atoms with Crippen LogP contribution in [0, 0.1) is 5.92 Å². The van der Waals surface area contributed by atoms with Gasteiger partial charge in [0.2, 0.25) is 0 Å². The molecule has 0 bridgehead atoms. The van der Waals surface area contributed by atoms with Gasteiger partial charge in [0.05, 0.1) is 0 Å². The van der Waals surface area contributed by atoms with Crippen LogP contribution in [0.5, 0.6) is 0 Å². The van der Waals surface area contributed by atoms with Crippen LogP contribution in [0.4, 0.5) is 0 Å². The molecule has 0 radical (unpaired) electrons. The number of rotatable bonds is 6. The summed E-state index contributed by atoms with van der Waals surface area (Å²) in [6, 6.07) is 0.432. The van der Waals surface area contributed by atoms with Crippen molar-refractivity contribution < 1.29 is 4.79 Å². The third-order valence-corrected chi connectivity index (χ3v) is 4.13. The second-order valence-electron chi connectivity index (χ2n) is 4.91. The lowest BCUT2D eigenvalue weighted by atomic mass is 10.1. The van der Waals surface area contributed by atoms with Crippen LogP contribution in [-0.4, -0.2) is 42.5 Å². The van der Waals surface area contributed by atoms with Crippen LogP contribution in [-0.2, 0) is 6.54 Å². The summed E-state index contributed by atoms with van der Waals surface area (Å²) in [6.07, 6.45) is 2.54. The van der Waals surface area contributed by atoms with Crippen molar-refractivity contribution in [3.05, 3.63) is 16.1 Å². The first-order chi connectivity index (χ1) is 8.61. The number of likely N-dealkylation sites (N-methyl/N-ethyl adjacent to an activating group) is 1. The maximum Gasteiger partial charge on any atom is 0.270 e. The second-order valence-corrected chi connectivity index (χ2v) is 5.85. The number of hydrogen-bond acceptors (Lipinski definition) is 5. The minimum atomic E-state index is -0.0987. The van der Waals surface area contributed by atoms with E-state index in [0.29, 0.717) is 24.8 Å². The summed E-state index contributed by atoms with van der Waals surface area (Å²) in [6.45, 7) is 1.08. The number of nitrogens with zero attached hydrogens (tertiary/aromatic N) is 2. The maximum atomic E-state index is 11.9. The molecule has 1 aliphatic carbocycles. The predicted molar refractivity (Wildman–Crippen MR) is 72.5 cm³/mol. The van der Waals surface area contributed by atoms with Crippen LogP contribution in [0.2, 0.25) is 0 Å². The Kier molecular flexibility index (Phi) is 4.31. The number of aromatic nitrogens is 1. The van der Waals surface area contributed by atoms with E-state index in [2.05, 4.69) is 29.3 Å². The predicted octanol–water partition coefficient (Wildman–Crippen LogP) is 0.672. The molecule has 1 unspecified atom stereocenters. The van der Waals surface area contributed by atoms with Crippen LogP contribution < -0.4 is 11.1 Å². The molecule has 2 rings (SSSR count). The molecule has 1 heterocycles. The van der Waals surface area contributed by atoms with E-state index < -0.39 is 0 Å². The molecule has 1 atom stereocenters. The first-order valence-electron chi connectivity index (χ1n) is 6.21. The topological polar surface area (TPSA) is 71.2 Å². The summed E-state index contributed by atoms with van der Waals surface area (Å²) >= 11 is 1.43. The van der Waals surface area contributed by atoms with E-state index in [1.54, 1.807) is 5.38 Å². The van der Waals surface area contributed by atoms with Gasteiger partial charge in [-0.3, -0.25) is 4.79 Å². The highest BCUT2D eigenvalue weighted by molar-refractivity contribution is 7.09. The smallest absolute Gasteiger partial charge is 0.270 e. The molecule has 0 saturated heterocycles. The zero-order valence-electron chi connectivity index (χ0n) is 10.8. The monoisotopic (exact) mass is 268 g/mol. The van der Waals surface area contributed by atoms with E-state index in [0.717, 1.165) is 10.9 Å². The summed E-state index contributed by atoms with van der Waals surface area (Å²) in [5, 5.41) is 5.52. The quantitative estimate of drug-likeness (QED) is 0.795. The largest absolute Gasteiger partial charge is 0.349 e. The van der Waals surface area contributed by atoms with Crippen molar-refractivity contribution in [3.63, 3.8) is 0 Å². The standard InChI is InChI=1S/C12H20N4OS/c1-16(2)10(8-3-4-8)6-14-12(17)9-7-18-11(5-13)15-9/h7-8,10H,3-6,13H2,1-2H3,(H,14,17). The molecule has 18 heavy (non-hydrogen) atoms.